The van der Waals surface area contributed by atoms with Gasteiger partial charge in [-0.15, -0.1) is 12.4 Å². The van der Waals surface area contributed by atoms with Crippen molar-refractivity contribution in [2.24, 2.45) is 23.5 Å². The molecule has 6 nitrogen and oxygen atoms in total. The van der Waals surface area contributed by atoms with Gasteiger partial charge < -0.3 is 11.1 Å². The molecule has 2 saturated carbocycles. The zero-order chi connectivity index (χ0) is 15.0. The number of nitrogens with zero attached hydrogens (tertiary/aromatic N) is 1. The third-order valence-corrected chi connectivity index (χ3v) is 4.92. The molecule has 120 valence electrons. The summed E-state index contributed by atoms with van der Waals surface area (Å²) in [6.45, 7) is 0.177. The van der Waals surface area contributed by atoms with Gasteiger partial charge in [0.15, 0.2) is 0 Å². The fourth-order valence-electron chi connectivity index (χ4n) is 3.86. The van der Waals surface area contributed by atoms with E-state index in [2.05, 4.69) is 5.32 Å². The van der Waals surface area contributed by atoms with Crippen molar-refractivity contribution >= 4 is 24.0 Å². The number of nitrogens with one attached hydrogen (secondary N) is 1. The van der Waals surface area contributed by atoms with E-state index in [-0.39, 0.29) is 42.5 Å². The minimum absolute atomic E-state index is 0. The van der Waals surface area contributed by atoms with E-state index in [1.807, 2.05) is 0 Å². The van der Waals surface area contributed by atoms with Crippen molar-refractivity contribution in [3.63, 3.8) is 0 Å². The average molecular weight is 326 g/mol. The predicted molar refractivity (Wildman–Crippen MR) is 84.5 cm³/mol. The molecule has 2 aliphatic rings. The van der Waals surface area contributed by atoms with Crippen LogP contribution in [0.1, 0.15) is 24.8 Å². The van der Waals surface area contributed by atoms with E-state index in [4.69, 9.17) is 5.73 Å². The van der Waals surface area contributed by atoms with Crippen LogP contribution in [0.2, 0.25) is 0 Å². The van der Waals surface area contributed by atoms with Crippen molar-refractivity contribution < 1.29 is 9.72 Å². The summed E-state index contributed by atoms with van der Waals surface area (Å²) >= 11 is 0. The summed E-state index contributed by atoms with van der Waals surface area (Å²) in [4.78, 5) is 22.9. The van der Waals surface area contributed by atoms with Crippen LogP contribution in [0.4, 0.5) is 5.69 Å². The summed E-state index contributed by atoms with van der Waals surface area (Å²) in [6.07, 6.45) is 3.24. The Hall–Kier alpha value is -1.66. The lowest BCUT2D eigenvalue weighted by Gasteiger charge is -2.27. The third kappa shape index (κ3) is 2.94. The van der Waals surface area contributed by atoms with Gasteiger partial charge in [-0.1, -0.05) is 18.2 Å². The normalized spacial score (nSPS) is 29.0. The van der Waals surface area contributed by atoms with Gasteiger partial charge in [-0.3, -0.25) is 14.9 Å². The monoisotopic (exact) mass is 325 g/mol. The molecule has 2 bridgehead atoms. The molecular formula is C15H20ClN3O3. The summed E-state index contributed by atoms with van der Waals surface area (Å²) in [5.74, 6) is 0.659. The Kier molecular flexibility index (Phi) is 5.03. The number of halogens is 1. The lowest BCUT2D eigenvalue weighted by atomic mass is 9.84. The molecule has 1 aromatic carbocycles. The van der Waals surface area contributed by atoms with Crippen molar-refractivity contribution in [2.75, 3.05) is 0 Å². The maximum Gasteiger partial charge on any atom is 0.274 e. The van der Waals surface area contributed by atoms with Crippen molar-refractivity contribution in [3.8, 4) is 0 Å². The van der Waals surface area contributed by atoms with E-state index < -0.39 is 4.92 Å². The number of rotatable bonds is 4. The maximum absolute atomic E-state index is 12.3. The highest BCUT2D eigenvalue weighted by molar-refractivity contribution is 5.85. The molecule has 0 aromatic heterocycles. The van der Waals surface area contributed by atoms with Gasteiger partial charge in [0.2, 0.25) is 5.91 Å². The number of nitro groups is 1. The number of carbonyl (C=O) groups excluding carboxylic acids is 1. The molecule has 0 spiro atoms. The van der Waals surface area contributed by atoms with Gasteiger partial charge in [0.05, 0.1) is 10.8 Å². The second-order valence-electron chi connectivity index (χ2n) is 6.04. The van der Waals surface area contributed by atoms with Crippen molar-refractivity contribution in [2.45, 2.75) is 31.8 Å². The molecule has 0 radical (unpaired) electrons. The molecule has 2 aliphatic carbocycles. The van der Waals surface area contributed by atoms with Gasteiger partial charge in [0.25, 0.3) is 5.69 Å². The summed E-state index contributed by atoms with van der Waals surface area (Å²) in [5.41, 5.74) is 6.70. The van der Waals surface area contributed by atoms with E-state index in [9.17, 15) is 14.9 Å². The number of amides is 1. The lowest BCUT2D eigenvalue weighted by molar-refractivity contribution is -0.385. The van der Waals surface area contributed by atoms with E-state index in [0.29, 0.717) is 17.4 Å². The predicted octanol–water partition coefficient (Wildman–Crippen LogP) is 2.01. The summed E-state index contributed by atoms with van der Waals surface area (Å²) in [7, 11) is 0. The Morgan fingerprint density at radius 3 is 2.64 bits per heavy atom. The smallest absolute Gasteiger partial charge is 0.274 e. The fourth-order valence-corrected chi connectivity index (χ4v) is 3.86. The van der Waals surface area contributed by atoms with Gasteiger partial charge in [0.1, 0.15) is 0 Å². The molecule has 3 rings (SSSR count). The first-order valence-electron chi connectivity index (χ1n) is 7.33. The highest BCUT2D eigenvalue weighted by atomic mass is 35.5. The molecule has 1 amide bonds. The standard InChI is InChI=1S/C15H19N3O3.ClH/c16-14-10-6-5-9(7-10)13(14)15(19)17-8-11-3-1-2-4-12(11)18(20)21;/h1-4,9-10,13-14H,5-8,16H2,(H,17,19);1H. The Balaban J connectivity index is 0.00000176. The van der Waals surface area contributed by atoms with E-state index in [0.717, 1.165) is 19.3 Å². The maximum atomic E-state index is 12.3. The van der Waals surface area contributed by atoms with Gasteiger partial charge >= 0.3 is 0 Å². The van der Waals surface area contributed by atoms with Crippen LogP contribution in [-0.2, 0) is 11.3 Å². The molecular weight excluding hydrogens is 306 g/mol. The van der Waals surface area contributed by atoms with Crippen LogP contribution in [0.15, 0.2) is 24.3 Å². The fraction of sp³-hybridized carbons (Fsp3) is 0.533. The number of nitro benzene ring substituents is 1. The van der Waals surface area contributed by atoms with Crippen LogP contribution in [0, 0.1) is 27.9 Å². The number of fused-ring (bicyclic) bond motifs is 2. The lowest BCUT2D eigenvalue weighted by Crippen LogP contribution is -2.45. The minimum Gasteiger partial charge on any atom is -0.351 e. The molecule has 2 fully saturated rings. The van der Waals surface area contributed by atoms with Crippen molar-refractivity contribution in [1.29, 1.82) is 0 Å². The Labute approximate surface area is 135 Å². The number of hydrogen-bond acceptors (Lipinski definition) is 4. The quantitative estimate of drug-likeness (QED) is 0.653. The van der Waals surface area contributed by atoms with Crippen LogP contribution >= 0.6 is 12.4 Å². The second-order valence-corrected chi connectivity index (χ2v) is 6.04. The zero-order valence-electron chi connectivity index (χ0n) is 12.1. The van der Waals surface area contributed by atoms with Crippen LogP contribution in [0.25, 0.3) is 0 Å². The number of nitrogens with two attached hydrogens (primary N) is 1. The average Bonchev–Trinajstić information content (AvgIpc) is 3.05. The second kappa shape index (κ2) is 6.62. The molecule has 0 saturated heterocycles. The molecule has 7 heteroatoms. The summed E-state index contributed by atoms with van der Waals surface area (Å²) in [6, 6.07) is 6.41. The molecule has 4 atom stereocenters. The first-order valence-corrected chi connectivity index (χ1v) is 7.33. The van der Waals surface area contributed by atoms with Gasteiger partial charge in [-0.2, -0.15) is 0 Å². The molecule has 22 heavy (non-hydrogen) atoms. The van der Waals surface area contributed by atoms with Crippen molar-refractivity contribution in [3.05, 3.63) is 39.9 Å². The topological polar surface area (TPSA) is 98.3 Å². The van der Waals surface area contributed by atoms with Crippen LogP contribution in [-0.4, -0.2) is 16.9 Å². The largest absolute Gasteiger partial charge is 0.351 e. The van der Waals surface area contributed by atoms with Gasteiger partial charge in [0, 0.05) is 24.2 Å². The van der Waals surface area contributed by atoms with E-state index in [1.54, 1.807) is 18.2 Å². The summed E-state index contributed by atoms with van der Waals surface area (Å²) < 4.78 is 0. The molecule has 0 heterocycles. The molecule has 3 N–H and O–H groups in total. The number of hydrogen-bond donors (Lipinski definition) is 2. The van der Waals surface area contributed by atoms with Crippen LogP contribution < -0.4 is 11.1 Å². The third-order valence-electron chi connectivity index (χ3n) is 4.92. The van der Waals surface area contributed by atoms with Crippen LogP contribution in [0.5, 0.6) is 0 Å². The Bertz CT molecular complexity index is 579. The number of carbonyl (C=O) groups is 1. The van der Waals surface area contributed by atoms with E-state index in [1.165, 1.54) is 6.07 Å². The van der Waals surface area contributed by atoms with Gasteiger partial charge in [-0.05, 0) is 31.1 Å². The molecule has 4 unspecified atom stereocenters. The SMILES string of the molecule is Cl.NC1C2CCC(C2)C1C(=O)NCc1ccccc1[N+](=O)[O-]. The first-order chi connectivity index (χ1) is 10.1. The first kappa shape index (κ1) is 16.7. The Morgan fingerprint density at radius 1 is 1.32 bits per heavy atom. The van der Waals surface area contributed by atoms with Crippen molar-refractivity contribution in [1.82, 2.24) is 5.32 Å². The summed E-state index contributed by atoms with van der Waals surface area (Å²) in [5, 5.41) is 13.8. The minimum atomic E-state index is -0.426. The molecule has 1 aromatic rings. The van der Waals surface area contributed by atoms with E-state index >= 15 is 0 Å². The Morgan fingerprint density at radius 2 is 2.00 bits per heavy atom. The highest BCUT2D eigenvalue weighted by Crippen LogP contribution is 2.47. The zero-order valence-corrected chi connectivity index (χ0v) is 12.9. The number of para-hydroxylation sites is 1. The number of benzene rings is 1. The van der Waals surface area contributed by atoms with Crippen LogP contribution in [0.3, 0.4) is 0 Å². The highest BCUT2D eigenvalue weighted by Gasteiger charge is 2.48. The van der Waals surface area contributed by atoms with Gasteiger partial charge in [-0.25, -0.2) is 0 Å². The molecule has 0 aliphatic heterocycles.